The lowest BCUT2D eigenvalue weighted by Crippen LogP contribution is -2.26. The van der Waals surface area contributed by atoms with E-state index in [1.165, 1.54) is 18.4 Å². The highest BCUT2D eigenvalue weighted by atomic mass is 16.5. The van der Waals surface area contributed by atoms with Crippen molar-refractivity contribution >= 4 is 0 Å². The Kier molecular flexibility index (Phi) is 4.96. The molecule has 2 rings (SSSR count). The zero-order valence-electron chi connectivity index (χ0n) is 11.4. The second-order valence-electron chi connectivity index (χ2n) is 4.84. The van der Waals surface area contributed by atoms with E-state index in [0.717, 1.165) is 31.6 Å². The van der Waals surface area contributed by atoms with Gasteiger partial charge in [-0.15, -0.1) is 0 Å². The molecule has 4 heteroatoms. The van der Waals surface area contributed by atoms with Gasteiger partial charge in [-0.25, -0.2) is 4.98 Å². The zero-order chi connectivity index (χ0) is 12.8. The average Bonchev–Trinajstić information content (AvgIpc) is 3.21. The summed E-state index contributed by atoms with van der Waals surface area (Å²) in [7, 11) is 2.16. The van der Waals surface area contributed by atoms with E-state index in [0.29, 0.717) is 6.61 Å². The minimum Gasteiger partial charge on any atom is -0.476 e. The summed E-state index contributed by atoms with van der Waals surface area (Å²) in [4.78, 5) is 6.60. The van der Waals surface area contributed by atoms with Crippen LogP contribution in [0.3, 0.4) is 0 Å². The van der Waals surface area contributed by atoms with Gasteiger partial charge in [0.05, 0.1) is 0 Å². The van der Waals surface area contributed by atoms with E-state index in [2.05, 4.69) is 29.2 Å². The largest absolute Gasteiger partial charge is 0.476 e. The fourth-order valence-electron chi connectivity index (χ4n) is 1.90. The van der Waals surface area contributed by atoms with Crippen molar-refractivity contribution in [2.24, 2.45) is 0 Å². The Hall–Kier alpha value is -1.13. The Morgan fingerprint density at radius 3 is 3.06 bits per heavy atom. The van der Waals surface area contributed by atoms with Gasteiger partial charge in [0.1, 0.15) is 6.61 Å². The predicted octanol–water partition coefficient (Wildman–Crippen LogP) is 1.66. The van der Waals surface area contributed by atoms with Crippen molar-refractivity contribution in [1.82, 2.24) is 15.2 Å². The van der Waals surface area contributed by atoms with E-state index < -0.39 is 0 Å². The molecule has 1 aliphatic rings. The molecule has 0 amide bonds. The molecule has 0 aliphatic heterocycles. The zero-order valence-corrected chi connectivity index (χ0v) is 11.4. The van der Waals surface area contributed by atoms with Gasteiger partial charge in [0.2, 0.25) is 5.88 Å². The monoisotopic (exact) mass is 249 g/mol. The lowest BCUT2D eigenvalue weighted by atomic mass is 10.2. The lowest BCUT2D eigenvalue weighted by Gasteiger charge is -2.15. The first-order chi connectivity index (χ1) is 8.79. The third kappa shape index (κ3) is 4.27. The van der Waals surface area contributed by atoms with Gasteiger partial charge in [-0.05, 0) is 38.1 Å². The van der Waals surface area contributed by atoms with E-state index >= 15 is 0 Å². The molecular weight excluding hydrogens is 226 g/mol. The van der Waals surface area contributed by atoms with Crippen LogP contribution in [0.15, 0.2) is 18.3 Å². The van der Waals surface area contributed by atoms with Crippen molar-refractivity contribution < 1.29 is 4.74 Å². The van der Waals surface area contributed by atoms with Crippen LogP contribution in [0.5, 0.6) is 5.88 Å². The van der Waals surface area contributed by atoms with Gasteiger partial charge >= 0.3 is 0 Å². The summed E-state index contributed by atoms with van der Waals surface area (Å²) in [5, 5.41) is 3.30. The summed E-state index contributed by atoms with van der Waals surface area (Å²) < 4.78 is 5.69. The Bertz CT molecular complexity index is 366. The van der Waals surface area contributed by atoms with Crippen molar-refractivity contribution in [1.29, 1.82) is 0 Å². The number of nitrogens with zero attached hydrogens (tertiary/aromatic N) is 2. The minimum atomic E-state index is 0.713. The van der Waals surface area contributed by atoms with Gasteiger partial charge in [-0.2, -0.15) is 0 Å². The van der Waals surface area contributed by atoms with Crippen LogP contribution >= 0.6 is 0 Å². The minimum absolute atomic E-state index is 0.713. The number of ether oxygens (including phenoxy) is 1. The van der Waals surface area contributed by atoms with Crippen LogP contribution in [0, 0.1) is 0 Å². The molecule has 0 atom stereocenters. The number of aromatic nitrogens is 1. The van der Waals surface area contributed by atoms with Crippen molar-refractivity contribution in [3.63, 3.8) is 0 Å². The molecule has 100 valence electrons. The van der Waals surface area contributed by atoms with Gasteiger partial charge < -0.3 is 15.0 Å². The first-order valence-corrected chi connectivity index (χ1v) is 6.78. The normalized spacial score (nSPS) is 15.1. The van der Waals surface area contributed by atoms with Crippen LogP contribution in [-0.2, 0) is 6.54 Å². The Labute approximate surface area is 109 Å². The summed E-state index contributed by atoms with van der Waals surface area (Å²) >= 11 is 0. The smallest absolute Gasteiger partial charge is 0.213 e. The number of rotatable bonds is 8. The molecule has 4 nitrogen and oxygen atoms in total. The topological polar surface area (TPSA) is 37.4 Å². The molecule has 1 aromatic rings. The Morgan fingerprint density at radius 1 is 1.50 bits per heavy atom. The van der Waals surface area contributed by atoms with E-state index in [4.69, 9.17) is 4.74 Å². The Morgan fingerprint density at radius 2 is 2.33 bits per heavy atom. The lowest BCUT2D eigenvalue weighted by molar-refractivity contribution is 0.226. The van der Waals surface area contributed by atoms with E-state index in [1.807, 2.05) is 18.3 Å². The van der Waals surface area contributed by atoms with Crippen LogP contribution in [0.25, 0.3) is 0 Å². The summed E-state index contributed by atoms with van der Waals surface area (Å²) in [6.07, 6.45) is 4.49. The van der Waals surface area contributed by atoms with Gasteiger partial charge in [-0.1, -0.05) is 6.92 Å². The standard InChI is InChI=1S/C14H23N3O/c1-3-15-11-12-6-7-16-14(10-12)18-9-8-17(2)13-4-5-13/h6-7,10,13,15H,3-5,8-9,11H2,1-2H3. The molecule has 0 spiro atoms. The molecule has 1 aromatic heterocycles. The molecule has 0 unspecified atom stereocenters. The predicted molar refractivity (Wildman–Crippen MR) is 72.8 cm³/mol. The number of pyridine rings is 1. The highest BCUT2D eigenvalue weighted by Gasteiger charge is 2.25. The van der Waals surface area contributed by atoms with Crippen molar-refractivity contribution in [2.75, 3.05) is 26.7 Å². The maximum absolute atomic E-state index is 5.69. The molecule has 0 bridgehead atoms. The summed E-state index contributed by atoms with van der Waals surface area (Å²) in [5.74, 6) is 0.731. The number of hydrogen-bond donors (Lipinski definition) is 1. The SMILES string of the molecule is CCNCc1ccnc(OCCN(C)C2CC2)c1. The molecule has 1 heterocycles. The first-order valence-electron chi connectivity index (χ1n) is 6.78. The maximum Gasteiger partial charge on any atom is 0.213 e. The third-order valence-corrected chi connectivity index (χ3v) is 3.24. The highest BCUT2D eigenvalue weighted by Crippen LogP contribution is 2.24. The molecule has 1 N–H and O–H groups in total. The quantitative estimate of drug-likeness (QED) is 0.760. The van der Waals surface area contributed by atoms with Crippen LogP contribution in [-0.4, -0.2) is 42.7 Å². The fraction of sp³-hybridized carbons (Fsp3) is 0.643. The van der Waals surface area contributed by atoms with E-state index in [-0.39, 0.29) is 0 Å². The number of nitrogens with one attached hydrogen (secondary N) is 1. The summed E-state index contributed by atoms with van der Waals surface area (Å²) in [6, 6.07) is 4.83. The van der Waals surface area contributed by atoms with Gasteiger partial charge in [-0.3, -0.25) is 0 Å². The summed E-state index contributed by atoms with van der Waals surface area (Å²) in [5.41, 5.74) is 1.22. The third-order valence-electron chi connectivity index (χ3n) is 3.24. The number of likely N-dealkylation sites (N-methyl/N-ethyl adjacent to an activating group) is 1. The van der Waals surface area contributed by atoms with Crippen molar-refractivity contribution in [3.8, 4) is 5.88 Å². The highest BCUT2D eigenvalue weighted by molar-refractivity contribution is 5.20. The van der Waals surface area contributed by atoms with Gasteiger partial charge in [0.15, 0.2) is 0 Å². The molecule has 1 saturated carbocycles. The van der Waals surface area contributed by atoms with E-state index in [1.54, 1.807) is 0 Å². The Balaban J connectivity index is 1.73. The fourth-order valence-corrected chi connectivity index (χ4v) is 1.90. The molecule has 0 aromatic carbocycles. The van der Waals surface area contributed by atoms with Crippen molar-refractivity contribution in [3.05, 3.63) is 23.9 Å². The second-order valence-corrected chi connectivity index (χ2v) is 4.84. The maximum atomic E-state index is 5.69. The van der Waals surface area contributed by atoms with Crippen LogP contribution in [0.4, 0.5) is 0 Å². The molecule has 0 saturated heterocycles. The van der Waals surface area contributed by atoms with Crippen LogP contribution in [0.2, 0.25) is 0 Å². The average molecular weight is 249 g/mol. The van der Waals surface area contributed by atoms with Gasteiger partial charge in [0.25, 0.3) is 0 Å². The first kappa shape index (κ1) is 13.3. The van der Waals surface area contributed by atoms with Gasteiger partial charge in [0, 0.05) is 31.4 Å². The molecule has 18 heavy (non-hydrogen) atoms. The van der Waals surface area contributed by atoms with E-state index in [9.17, 15) is 0 Å². The summed E-state index contributed by atoms with van der Waals surface area (Å²) in [6.45, 7) is 5.64. The van der Waals surface area contributed by atoms with Crippen LogP contribution < -0.4 is 10.1 Å². The molecule has 1 aliphatic carbocycles. The molecule has 1 fully saturated rings. The number of hydrogen-bond acceptors (Lipinski definition) is 4. The second kappa shape index (κ2) is 6.71. The van der Waals surface area contributed by atoms with Crippen molar-refractivity contribution in [2.45, 2.75) is 32.4 Å². The molecular formula is C14H23N3O. The van der Waals surface area contributed by atoms with Crippen LogP contribution in [0.1, 0.15) is 25.3 Å². The molecule has 0 radical (unpaired) electrons.